The van der Waals surface area contributed by atoms with Crippen LogP contribution < -0.4 is 9.88 Å². The number of aromatic nitrogens is 1. The molecule has 2 rings (SSSR count). The van der Waals surface area contributed by atoms with Crippen LogP contribution in [0.1, 0.15) is 91.0 Å². The normalized spacial score (nSPS) is 16.2. The second kappa shape index (κ2) is 21.0. The average molecular weight is 586 g/mol. The van der Waals surface area contributed by atoms with E-state index in [1.165, 1.54) is 56.4 Å². The summed E-state index contributed by atoms with van der Waals surface area (Å²) < 4.78 is 27.9. The van der Waals surface area contributed by atoms with Crippen LogP contribution in [0.4, 0.5) is 4.39 Å². The molecule has 0 aliphatic heterocycles. The van der Waals surface area contributed by atoms with Gasteiger partial charge in [0, 0.05) is 18.9 Å². The molecule has 0 saturated heterocycles. The highest BCUT2D eigenvalue weighted by Crippen LogP contribution is 2.26. The summed E-state index contributed by atoms with van der Waals surface area (Å²) in [5.74, 6) is 4.55. The molecule has 0 N–H and O–H groups in total. The standard InChI is InChI=1S/C25H32FNOS2.C8H12O2/c1-4-6-16-22(17-12-13-20(3)26)28-19-18-24-23(5-2)27(25(29)30-24)21-14-10-8-7-9-11-15-21;1-4-7(5-2)8(9)10-6-3/h1,5,12-13,16,18,21H,3,6-11,14-15,17,19H2,2H3;1,7H,5-6H2,2-3H3/b13-12-,22-16-,23-5?,24-18-;. The molecule has 218 valence electrons. The molecule has 1 aromatic rings. The first-order valence-corrected chi connectivity index (χ1v) is 15.3. The largest absolute Gasteiger partial charge is 0.494 e. The summed E-state index contributed by atoms with van der Waals surface area (Å²) in [5, 5.41) is 1.20. The van der Waals surface area contributed by atoms with Crippen LogP contribution in [-0.2, 0) is 14.3 Å². The number of terminal acetylenes is 2. The van der Waals surface area contributed by atoms with Gasteiger partial charge in [-0.2, -0.15) is 0 Å². The van der Waals surface area contributed by atoms with E-state index in [0.717, 1.165) is 14.2 Å². The number of carbonyl (C=O) groups excluding carboxylic acids is 1. The van der Waals surface area contributed by atoms with E-state index in [2.05, 4.69) is 42.1 Å². The Morgan fingerprint density at radius 2 is 1.90 bits per heavy atom. The number of hydrogen-bond donors (Lipinski definition) is 0. The van der Waals surface area contributed by atoms with E-state index in [-0.39, 0.29) is 11.9 Å². The first-order chi connectivity index (χ1) is 19.3. The topological polar surface area (TPSA) is 40.5 Å². The number of nitrogens with zero attached hydrogens (tertiary/aromatic N) is 1. The Morgan fingerprint density at radius 3 is 2.45 bits per heavy atom. The fourth-order valence-electron chi connectivity index (χ4n) is 4.38. The van der Waals surface area contributed by atoms with E-state index in [1.54, 1.807) is 24.3 Å². The van der Waals surface area contributed by atoms with Gasteiger partial charge in [-0.15, -0.1) is 30.1 Å². The third kappa shape index (κ3) is 13.0. The van der Waals surface area contributed by atoms with Crippen molar-refractivity contribution in [3.63, 3.8) is 0 Å². The predicted molar refractivity (Wildman–Crippen MR) is 169 cm³/mol. The van der Waals surface area contributed by atoms with Crippen molar-refractivity contribution < 1.29 is 18.7 Å². The van der Waals surface area contributed by atoms with E-state index in [4.69, 9.17) is 34.5 Å². The van der Waals surface area contributed by atoms with Gasteiger partial charge in [0.15, 0.2) is 3.95 Å². The SMILES string of the molecule is C#CC(CC)C(=O)OCC.C#CC/C=C(/C/C=C\C(=C)F)OC/C=c1\sc(=S)n(C2CCCCCCC2)c1=CC. The molecule has 1 aromatic heterocycles. The zero-order valence-electron chi connectivity index (χ0n) is 24.3. The predicted octanol–water partition coefficient (Wildman–Crippen LogP) is 7.71. The molecule has 1 heterocycles. The number of halogens is 1. The van der Waals surface area contributed by atoms with Crippen molar-refractivity contribution in [1.29, 1.82) is 0 Å². The van der Waals surface area contributed by atoms with E-state index in [9.17, 15) is 9.18 Å². The van der Waals surface area contributed by atoms with Crippen molar-refractivity contribution in [2.24, 2.45) is 5.92 Å². The minimum absolute atomic E-state index is 0.285. The molecule has 1 atom stereocenters. The van der Waals surface area contributed by atoms with Crippen molar-refractivity contribution >= 4 is 41.7 Å². The highest BCUT2D eigenvalue weighted by atomic mass is 32.1. The van der Waals surface area contributed by atoms with E-state index >= 15 is 0 Å². The van der Waals surface area contributed by atoms with Gasteiger partial charge in [0.2, 0.25) is 0 Å². The van der Waals surface area contributed by atoms with Crippen LogP contribution in [-0.4, -0.2) is 23.8 Å². The molecule has 7 heteroatoms. The number of ether oxygens (including phenoxy) is 2. The van der Waals surface area contributed by atoms with Crippen LogP contribution in [0.2, 0.25) is 0 Å². The first kappa shape index (κ1) is 35.2. The molecule has 1 fully saturated rings. The Kier molecular flexibility index (Phi) is 18.4. The Hall–Kier alpha value is -2.87. The van der Waals surface area contributed by atoms with Gasteiger partial charge < -0.3 is 14.0 Å². The lowest BCUT2D eigenvalue weighted by Gasteiger charge is -2.21. The van der Waals surface area contributed by atoms with Gasteiger partial charge in [0.05, 0.1) is 22.2 Å². The Balaban J connectivity index is 0.000000680. The van der Waals surface area contributed by atoms with Gasteiger partial charge in [-0.1, -0.05) is 63.7 Å². The van der Waals surface area contributed by atoms with Crippen molar-refractivity contribution in [3.8, 4) is 24.7 Å². The fourth-order valence-corrected chi connectivity index (χ4v) is 5.90. The number of hydrogen-bond acceptors (Lipinski definition) is 5. The summed E-state index contributed by atoms with van der Waals surface area (Å²) in [6.45, 7) is 9.74. The maximum atomic E-state index is 12.8. The lowest BCUT2D eigenvalue weighted by atomic mass is 9.96. The van der Waals surface area contributed by atoms with Crippen molar-refractivity contribution in [1.82, 2.24) is 4.57 Å². The smallest absolute Gasteiger partial charge is 0.321 e. The summed E-state index contributed by atoms with van der Waals surface area (Å²) in [6, 6.07) is 0.494. The van der Waals surface area contributed by atoms with Gasteiger partial charge in [-0.3, -0.25) is 4.79 Å². The summed E-state index contributed by atoms with van der Waals surface area (Å²) in [4.78, 5) is 10.8. The van der Waals surface area contributed by atoms with E-state index < -0.39 is 5.83 Å². The van der Waals surface area contributed by atoms with Crippen LogP contribution in [0.5, 0.6) is 0 Å². The molecule has 1 aliphatic rings. The molecular formula is C33H44FNO3S2. The maximum Gasteiger partial charge on any atom is 0.321 e. The van der Waals surface area contributed by atoms with Crippen molar-refractivity contribution in [3.05, 3.63) is 50.2 Å². The zero-order valence-corrected chi connectivity index (χ0v) is 25.9. The average Bonchev–Trinajstić information content (AvgIpc) is 3.22. The second-order valence-electron chi connectivity index (χ2n) is 9.30. The fraction of sp³-hybridized carbons (Fsp3) is 0.515. The van der Waals surface area contributed by atoms with E-state index in [0.29, 0.717) is 38.5 Å². The summed E-state index contributed by atoms with van der Waals surface area (Å²) in [5.41, 5.74) is 0. The molecule has 4 nitrogen and oxygen atoms in total. The zero-order chi connectivity index (χ0) is 29.8. The van der Waals surface area contributed by atoms with Crippen molar-refractivity contribution in [2.45, 2.75) is 91.0 Å². The van der Waals surface area contributed by atoms with E-state index in [1.807, 2.05) is 13.0 Å². The van der Waals surface area contributed by atoms with Gasteiger partial charge in [-0.25, -0.2) is 4.39 Å². The number of rotatable bonds is 11. The molecule has 1 unspecified atom stereocenters. The number of esters is 1. The Bertz CT molecular complexity index is 1250. The molecular weight excluding hydrogens is 541 g/mol. The number of carbonyl (C=O) groups is 1. The van der Waals surface area contributed by atoms with Crippen LogP contribution >= 0.6 is 23.6 Å². The number of allylic oxidation sites excluding steroid dienone is 4. The third-order valence-electron chi connectivity index (χ3n) is 6.40. The van der Waals surface area contributed by atoms with Gasteiger partial charge in [-0.05, 0) is 63.6 Å². The summed E-state index contributed by atoms with van der Waals surface area (Å²) in [7, 11) is 0. The third-order valence-corrected chi connectivity index (χ3v) is 7.82. The van der Waals surface area contributed by atoms with Crippen LogP contribution in [0.15, 0.2) is 36.4 Å². The number of thiazole rings is 1. The quantitative estimate of drug-likeness (QED) is 0.0877. The molecule has 0 aromatic carbocycles. The minimum Gasteiger partial charge on any atom is -0.494 e. The second-order valence-corrected chi connectivity index (χ2v) is 11.0. The van der Waals surface area contributed by atoms with Crippen LogP contribution in [0.25, 0.3) is 12.2 Å². The van der Waals surface area contributed by atoms with Crippen LogP contribution in [0, 0.1) is 34.6 Å². The van der Waals surface area contributed by atoms with Gasteiger partial charge in [0.1, 0.15) is 18.4 Å². The monoisotopic (exact) mass is 585 g/mol. The molecule has 0 amide bonds. The molecule has 1 aliphatic carbocycles. The Labute approximate surface area is 249 Å². The van der Waals surface area contributed by atoms with Crippen molar-refractivity contribution in [2.75, 3.05) is 13.2 Å². The molecule has 0 radical (unpaired) electrons. The summed E-state index contributed by atoms with van der Waals surface area (Å²) >= 11 is 7.39. The molecule has 40 heavy (non-hydrogen) atoms. The minimum atomic E-state index is -0.476. The molecule has 0 spiro atoms. The van der Waals surface area contributed by atoms with Gasteiger partial charge >= 0.3 is 5.97 Å². The van der Waals surface area contributed by atoms with Crippen LogP contribution in [0.3, 0.4) is 0 Å². The molecule has 1 saturated carbocycles. The highest BCUT2D eigenvalue weighted by molar-refractivity contribution is 7.73. The lowest BCUT2D eigenvalue weighted by Crippen LogP contribution is -2.31. The highest BCUT2D eigenvalue weighted by Gasteiger charge is 2.16. The maximum absolute atomic E-state index is 12.8. The summed E-state index contributed by atoms with van der Waals surface area (Å²) in [6.07, 6.45) is 30.1. The first-order valence-electron chi connectivity index (χ1n) is 14.1. The lowest BCUT2D eigenvalue weighted by molar-refractivity contribution is -0.146. The molecule has 0 bridgehead atoms. The van der Waals surface area contributed by atoms with Gasteiger partial charge in [0.25, 0.3) is 0 Å². The Morgan fingerprint density at radius 1 is 1.23 bits per heavy atom.